The summed E-state index contributed by atoms with van der Waals surface area (Å²) in [5.41, 5.74) is 3.70. The van der Waals surface area contributed by atoms with Gasteiger partial charge in [-0.3, -0.25) is 9.59 Å². The molecule has 5 heteroatoms. The van der Waals surface area contributed by atoms with E-state index in [4.69, 9.17) is 4.42 Å². The number of fused-ring (bicyclic) bond motifs is 1. The van der Waals surface area contributed by atoms with Crippen molar-refractivity contribution in [3.05, 3.63) is 69.4 Å². The van der Waals surface area contributed by atoms with E-state index in [1.54, 1.807) is 12.1 Å². The Morgan fingerprint density at radius 2 is 2.00 bits per heavy atom. The zero-order valence-corrected chi connectivity index (χ0v) is 13.1. The maximum Gasteiger partial charge on any atom is 0.286 e. The lowest BCUT2D eigenvalue weighted by molar-refractivity contribution is 0.0926. The fourth-order valence-corrected chi connectivity index (χ4v) is 2.51. The van der Waals surface area contributed by atoms with Gasteiger partial charge in [-0.25, -0.2) is 0 Å². The van der Waals surface area contributed by atoms with Crippen LogP contribution < -0.4 is 10.9 Å². The Labute approximate surface area is 133 Å². The van der Waals surface area contributed by atoms with Gasteiger partial charge in [0.05, 0.1) is 6.26 Å². The first-order chi connectivity index (χ1) is 11.0. The highest BCUT2D eigenvalue weighted by atomic mass is 16.3. The molecule has 0 bridgehead atoms. The van der Waals surface area contributed by atoms with Gasteiger partial charge in [0, 0.05) is 17.6 Å². The molecule has 0 fully saturated rings. The largest absolute Gasteiger partial charge is 0.459 e. The first-order valence-corrected chi connectivity index (χ1v) is 7.49. The molecule has 3 rings (SSSR count). The molecular formula is C18H18N2O3. The summed E-state index contributed by atoms with van der Waals surface area (Å²) in [6, 6.07) is 9.19. The highest BCUT2D eigenvalue weighted by Gasteiger charge is 2.09. The van der Waals surface area contributed by atoms with Crippen molar-refractivity contribution in [1.29, 1.82) is 0 Å². The number of rotatable bonds is 4. The molecule has 2 aromatic heterocycles. The lowest BCUT2D eigenvalue weighted by Gasteiger charge is -2.07. The Balaban J connectivity index is 1.75. The Morgan fingerprint density at radius 1 is 1.22 bits per heavy atom. The van der Waals surface area contributed by atoms with Gasteiger partial charge in [0.15, 0.2) is 5.76 Å². The van der Waals surface area contributed by atoms with Crippen molar-refractivity contribution < 1.29 is 9.21 Å². The third-order valence-electron chi connectivity index (χ3n) is 3.96. The van der Waals surface area contributed by atoms with Gasteiger partial charge < -0.3 is 14.7 Å². The van der Waals surface area contributed by atoms with E-state index in [-0.39, 0.29) is 17.2 Å². The molecule has 5 nitrogen and oxygen atoms in total. The lowest BCUT2D eigenvalue weighted by atomic mass is 10.0. The van der Waals surface area contributed by atoms with E-state index >= 15 is 0 Å². The molecule has 0 atom stereocenters. The van der Waals surface area contributed by atoms with E-state index in [1.807, 2.05) is 26.0 Å². The van der Waals surface area contributed by atoms with Crippen molar-refractivity contribution in [2.24, 2.45) is 0 Å². The van der Waals surface area contributed by atoms with Crippen LogP contribution in [0.25, 0.3) is 10.9 Å². The number of nitrogens with one attached hydrogen (secondary N) is 2. The highest BCUT2D eigenvalue weighted by Crippen LogP contribution is 2.17. The molecule has 0 saturated heterocycles. The van der Waals surface area contributed by atoms with Crippen molar-refractivity contribution in [3.8, 4) is 0 Å². The first-order valence-electron chi connectivity index (χ1n) is 7.49. The molecule has 23 heavy (non-hydrogen) atoms. The average molecular weight is 310 g/mol. The van der Waals surface area contributed by atoms with Gasteiger partial charge >= 0.3 is 0 Å². The maximum atomic E-state index is 12.1. The lowest BCUT2D eigenvalue weighted by Crippen LogP contribution is -2.27. The second-order valence-electron chi connectivity index (χ2n) is 5.63. The van der Waals surface area contributed by atoms with E-state index in [2.05, 4.69) is 16.4 Å². The molecule has 3 aromatic rings. The van der Waals surface area contributed by atoms with Gasteiger partial charge in [0.2, 0.25) is 0 Å². The molecule has 0 aliphatic carbocycles. The predicted molar refractivity (Wildman–Crippen MR) is 88.8 cm³/mol. The van der Waals surface area contributed by atoms with Crippen LogP contribution in [0.5, 0.6) is 0 Å². The molecule has 2 heterocycles. The van der Waals surface area contributed by atoms with Gasteiger partial charge in [-0.1, -0.05) is 0 Å². The minimum Gasteiger partial charge on any atom is -0.459 e. The predicted octanol–water partition coefficient (Wildman–Crippen LogP) is 2.71. The van der Waals surface area contributed by atoms with Crippen LogP contribution in [-0.4, -0.2) is 17.4 Å². The Bertz CT molecular complexity index is 908. The summed E-state index contributed by atoms with van der Waals surface area (Å²) < 4.78 is 5.02. The van der Waals surface area contributed by atoms with E-state index in [1.165, 1.54) is 11.8 Å². The van der Waals surface area contributed by atoms with Crippen LogP contribution in [0.2, 0.25) is 0 Å². The third kappa shape index (κ3) is 3.18. The number of aromatic nitrogens is 1. The number of aryl methyl sites for hydroxylation is 2. The normalized spacial score (nSPS) is 10.9. The molecule has 0 saturated carbocycles. The molecule has 2 N–H and O–H groups in total. The zero-order chi connectivity index (χ0) is 16.4. The van der Waals surface area contributed by atoms with Crippen LogP contribution in [0.3, 0.4) is 0 Å². The van der Waals surface area contributed by atoms with Crippen LogP contribution in [-0.2, 0) is 6.42 Å². The molecular weight excluding hydrogens is 292 g/mol. The number of amides is 1. The SMILES string of the molecule is Cc1cc2cc(CCNC(=O)c3ccco3)c(=O)[nH]c2cc1C. The van der Waals surface area contributed by atoms with Crippen LogP contribution in [0.1, 0.15) is 27.2 Å². The zero-order valence-electron chi connectivity index (χ0n) is 13.1. The number of benzene rings is 1. The van der Waals surface area contributed by atoms with Crippen molar-refractivity contribution in [2.75, 3.05) is 6.54 Å². The summed E-state index contributed by atoms with van der Waals surface area (Å²) in [5.74, 6) is -0.0118. The van der Waals surface area contributed by atoms with E-state index < -0.39 is 0 Å². The number of hydrogen-bond acceptors (Lipinski definition) is 3. The summed E-state index contributed by atoms with van der Waals surface area (Å²) in [7, 11) is 0. The summed E-state index contributed by atoms with van der Waals surface area (Å²) >= 11 is 0. The molecule has 0 spiro atoms. The van der Waals surface area contributed by atoms with Gasteiger partial charge in [-0.15, -0.1) is 0 Å². The fraction of sp³-hybridized carbons (Fsp3) is 0.222. The van der Waals surface area contributed by atoms with Crippen molar-refractivity contribution in [3.63, 3.8) is 0 Å². The van der Waals surface area contributed by atoms with Crippen molar-refractivity contribution in [1.82, 2.24) is 10.3 Å². The first kappa shape index (κ1) is 15.1. The summed E-state index contributed by atoms with van der Waals surface area (Å²) in [4.78, 5) is 26.8. The van der Waals surface area contributed by atoms with Gasteiger partial charge in [0.25, 0.3) is 11.5 Å². The molecule has 0 aliphatic rings. The van der Waals surface area contributed by atoms with E-state index in [0.717, 1.165) is 16.5 Å². The van der Waals surface area contributed by atoms with Crippen LogP contribution in [0.4, 0.5) is 0 Å². The average Bonchev–Trinajstić information content (AvgIpc) is 3.04. The Morgan fingerprint density at radius 3 is 2.74 bits per heavy atom. The highest BCUT2D eigenvalue weighted by molar-refractivity contribution is 5.91. The number of furan rings is 1. The van der Waals surface area contributed by atoms with Gasteiger partial charge in [-0.05, 0) is 67.1 Å². The molecule has 1 amide bonds. The Kier molecular flexibility index (Phi) is 4.02. The fourth-order valence-electron chi connectivity index (χ4n) is 2.51. The van der Waals surface area contributed by atoms with Crippen molar-refractivity contribution >= 4 is 16.8 Å². The maximum absolute atomic E-state index is 12.1. The van der Waals surface area contributed by atoms with Gasteiger partial charge in [0.1, 0.15) is 0 Å². The van der Waals surface area contributed by atoms with Crippen molar-refractivity contribution in [2.45, 2.75) is 20.3 Å². The minimum absolute atomic E-state index is 0.118. The number of carbonyl (C=O) groups excluding carboxylic acids is 1. The van der Waals surface area contributed by atoms with E-state index in [0.29, 0.717) is 18.5 Å². The molecule has 0 unspecified atom stereocenters. The smallest absolute Gasteiger partial charge is 0.286 e. The van der Waals surface area contributed by atoms with E-state index in [9.17, 15) is 9.59 Å². The summed E-state index contributed by atoms with van der Waals surface area (Å²) in [6.45, 7) is 4.44. The number of aromatic amines is 1. The van der Waals surface area contributed by atoms with Crippen LogP contribution in [0.15, 0.2) is 45.8 Å². The second kappa shape index (κ2) is 6.12. The molecule has 0 aliphatic heterocycles. The quantitative estimate of drug-likeness (QED) is 0.778. The van der Waals surface area contributed by atoms with Gasteiger partial charge in [-0.2, -0.15) is 0 Å². The summed E-state index contributed by atoms with van der Waals surface area (Å²) in [6.07, 6.45) is 1.91. The monoisotopic (exact) mass is 310 g/mol. The number of H-pyrrole nitrogens is 1. The standard InChI is InChI=1S/C18H18N2O3/c1-11-8-14-10-13(17(21)20-15(14)9-12(11)2)5-6-19-18(22)16-4-3-7-23-16/h3-4,7-10H,5-6H2,1-2H3,(H,19,22)(H,20,21). The molecule has 118 valence electrons. The van der Waals surface area contributed by atoms with Crippen LogP contribution >= 0.6 is 0 Å². The molecule has 1 aromatic carbocycles. The topological polar surface area (TPSA) is 75.1 Å². The minimum atomic E-state index is -0.279. The third-order valence-corrected chi connectivity index (χ3v) is 3.96. The Hall–Kier alpha value is -2.82. The van der Waals surface area contributed by atoms with Crippen LogP contribution in [0, 0.1) is 13.8 Å². The number of carbonyl (C=O) groups is 1. The second-order valence-corrected chi connectivity index (χ2v) is 5.63. The number of pyridine rings is 1. The number of hydrogen-bond donors (Lipinski definition) is 2. The molecule has 0 radical (unpaired) electrons. The summed E-state index contributed by atoms with van der Waals surface area (Å²) in [5, 5.41) is 3.74.